The van der Waals surface area contributed by atoms with Crippen molar-refractivity contribution >= 4 is 11.9 Å². The number of aromatic nitrogens is 5. The van der Waals surface area contributed by atoms with Crippen LogP contribution in [0, 0.1) is 0 Å². The number of nitrogens with one attached hydrogen (secondary N) is 2. The van der Waals surface area contributed by atoms with E-state index in [-0.39, 0.29) is 6.61 Å². The molecule has 0 saturated carbocycles. The highest BCUT2D eigenvalue weighted by Crippen LogP contribution is 2.07. The molecule has 0 saturated heterocycles. The van der Waals surface area contributed by atoms with Gasteiger partial charge in [-0.1, -0.05) is 0 Å². The van der Waals surface area contributed by atoms with E-state index in [1.807, 2.05) is 0 Å². The number of hydrogen-bond donors (Lipinski definition) is 2. The zero-order valence-corrected chi connectivity index (χ0v) is 11.3. The van der Waals surface area contributed by atoms with Gasteiger partial charge >= 0.3 is 0 Å². The van der Waals surface area contributed by atoms with Crippen LogP contribution in [0.15, 0.2) is 18.5 Å². The number of halogens is 2. The van der Waals surface area contributed by atoms with Crippen LogP contribution in [-0.4, -0.2) is 58.0 Å². The fraction of sp³-hybridized carbons (Fsp3) is 0.455. The van der Waals surface area contributed by atoms with Gasteiger partial charge in [0.05, 0.1) is 6.61 Å². The van der Waals surface area contributed by atoms with Crippen LogP contribution >= 0.6 is 0 Å². The first kappa shape index (κ1) is 15.0. The molecule has 10 heteroatoms. The molecule has 0 amide bonds. The molecule has 2 aromatic heterocycles. The van der Waals surface area contributed by atoms with Crippen molar-refractivity contribution in [3.63, 3.8) is 0 Å². The molecule has 0 atom stereocenters. The maximum Gasteiger partial charge on any atom is 0.261 e. The van der Waals surface area contributed by atoms with Gasteiger partial charge in [-0.25, -0.2) is 13.5 Å². The second kappa shape index (κ2) is 7.43. The zero-order chi connectivity index (χ0) is 15.1. The smallest absolute Gasteiger partial charge is 0.261 e. The van der Waals surface area contributed by atoms with Crippen LogP contribution in [0.5, 0.6) is 0 Å². The Kier molecular flexibility index (Phi) is 5.32. The highest BCUT2D eigenvalue weighted by Gasteiger charge is 2.07. The van der Waals surface area contributed by atoms with Crippen molar-refractivity contribution in [2.45, 2.75) is 6.43 Å². The molecular weight excluding hydrogens is 284 g/mol. The summed E-state index contributed by atoms with van der Waals surface area (Å²) in [5, 5.41) is 9.73. The van der Waals surface area contributed by atoms with E-state index in [0.29, 0.717) is 24.4 Å². The predicted octanol–water partition coefficient (Wildman–Crippen LogP) is 0.793. The van der Waals surface area contributed by atoms with Gasteiger partial charge in [0.25, 0.3) is 12.4 Å². The average molecular weight is 299 g/mol. The Morgan fingerprint density at radius 3 is 2.76 bits per heavy atom. The van der Waals surface area contributed by atoms with Crippen molar-refractivity contribution in [3.05, 3.63) is 18.5 Å². The van der Waals surface area contributed by atoms with E-state index in [9.17, 15) is 8.78 Å². The standard InChI is InChI=1S/C11H15F2N7O/c1-14-9-17-10(15-4-6-21-7-8(12)13)19-11(18-9)20-5-2-3-16-20/h2-3,5,8H,4,6-7H2,1H3,(H2,14,15,17,18,19). The van der Waals surface area contributed by atoms with Gasteiger partial charge in [0.15, 0.2) is 0 Å². The molecule has 0 aliphatic heterocycles. The molecule has 0 unspecified atom stereocenters. The SMILES string of the molecule is CNc1nc(NCCOCC(F)F)nc(-n2cccn2)n1. The van der Waals surface area contributed by atoms with E-state index in [4.69, 9.17) is 4.74 Å². The van der Waals surface area contributed by atoms with Crippen LogP contribution in [0.2, 0.25) is 0 Å². The second-order valence-corrected chi connectivity index (χ2v) is 3.88. The van der Waals surface area contributed by atoms with E-state index in [1.165, 1.54) is 4.68 Å². The number of hydrogen-bond acceptors (Lipinski definition) is 7. The Hall–Kier alpha value is -2.36. The highest BCUT2D eigenvalue weighted by atomic mass is 19.3. The summed E-state index contributed by atoms with van der Waals surface area (Å²) < 4.78 is 30.0. The van der Waals surface area contributed by atoms with Crippen LogP contribution in [0.25, 0.3) is 5.95 Å². The molecule has 0 radical (unpaired) electrons. The van der Waals surface area contributed by atoms with Crippen LogP contribution in [-0.2, 0) is 4.74 Å². The van der Waals surface area contributed by atoms with Crippen molar-refractivity contribution in [1.29, 1.82) is 0 Å². The van der Waals surface area contributed by atoms with E-state index in [2.05, 4.69) is 30.7 Å². The summed E-state index contributed by atoms with van der Waals surface area (Å²) in [6, 6.07) is 1.74. The molecular formula is C11H15F2N7O. The van der Waals surface area contributed by atoms with Gasteiger partial charge in [-0.05, 0) is 6.07 Å². The Morgan fingerprint density at radius 1 is 1.29 bits per heavy atom. The molecule has 0 aromatic carbocycles. The molecule has 0 aliphatic carbocycles. The summed E-state index contributed by atoms with van der Waals surface area (Å²) in [6.45, 7) is -0.153. The van der Waals surface area contributed by atoms with Gasteiger partial charge in [-0.15, -0.1) is 0 Å². The molecule has 114 valence electrons. The van der Waals surface area contributed by atoms with Gasteiger partial charge in [-0.2, -0.15) is 20.1 Å². The first-order valence-electron chi connectivity index (χ1n) is 6.22. The average Bonchev–Trinajstić information content (AvgIpc) is 3.00. The molecule has 0 spiro atoms. The maximum absolute atomic E-state index is 11.9. The Balaban J connectivity index is 1.97. The molecule has 0 fully saturated rings. The third kappa shape index (κ3) is 4.60. The number of rotatable bonds is 8. The first-order chi connectivity index (χ1) is 10.2. The zero-order valence-electron chi connectivity index (χ0n) is 11.3. The fourth-order valence-electron chi connectivity index (χ4n) is 1.45. The first-order valence-corrected chi connectivity index (χ1v) is 6.22. The quantitative estimate of drug-likeness (QED) is 0.697. The van der Waals surface area contributed by atoms with Crippen molar-refractivity contribution in [2.75, 3.05) is 37.4 Å². The third-order valence-electron chi connectivity index (χ3n) is 2.33. The largest absolute Gasteiger partial charge is 0.374 e. The van der Waals surface area contributed by atoms with Crippen LogP contribution in [0.1, 0.15) is 0 Å². The molecule has 2 heterocycles. The molecule has 0 aliphatic rings. The minimum absolute atomic E-state index is 0.127. The lowest BCUT2D eigenvalue weighted by Crippen LogP contribution is -2.16. The summed E-state index contributed by atoms with van der Waals surface area (Å²) >= 11 is 0. The molecule has 8 nitrogen and oxygen atoms in total. The normalized spacial score (nSPS) is 10.9. The Morgan fingerprint density at radius 2 is 2.10 bits per heavy atom. The van der Waals surface area contributed by atoms with E-state index in [0.717, 1.165) is 0 Å². The van der Waals surface area contributed by atoms with Crippen LogP contribution < -0.4 is 10.6 Å². The summed E-state index contributed by atoms with van der Waals surface area (Å²) in [4.78, 5) is 12.4. The summed E-state index contributed by atoms with van der Waals surface area (Å²) in [6.07, 6.45) is 0.836. The van der Waals surface area contributed by atoms with Gasteiger partial charge in [-0.3, -0.25) is 0 Å². The number of alkyl halides is 2. The van der Waals surface area contributed by atoms with E-state index < -0.39 is 13.0 Å². The van der Waals surface area contributed by atoms with E-state index in [1.54, 1.807) is 25.5 Å². The molecule has 21 heavy (non-hydrogen) atoms. The summed E-state index contributed by atoms with van der Waals surface area (Å²) in [7, 11) is 1.68. The minimum atomic E-state index is -2.47. The molecule has 2 aromatic rings. The van der Waals surface area contributed by atoms with Crippen LogP contribution in [0.3, 0.4) is 0 Å². The van der Waals surface area contributed by atoms with Gasteiger partial charge in [0, 0.05) is 26.0 Å². The van der Waals surface area contributed by atoms with Crippen molar-refractivity contribution < 1.29 is 13.5 Å². The predicted molar refractivity (Wildman–Crippen MR) is 71.8 cm³/mol. The lowest BCUT2D eigenvalue weighted by Gasteiger charge is -2.08. The number of ether oxygens (including phenoxy) is 1. The molecule has 2 N–H and O–H groups in total. The molecule has 0 bridgehead atoms. The maximum atomic E-state index is 11.9. The fourth-order valence-corrected chi connectivity index (χ4v) is 1.45. The minimum Gasteiger partial charge on any atom is -0.374 e. The van der Waals surface area contributed by atoms with Gasteiger partial charge in [0.2, 0.25) is 11.9 Å². The van der Waals surface area contributed by atoms with Gasteiger partial charge in [0.1, 0.15) is 6.61 Å². The monoisotopic (exact) mass is 299 g/mol. The van der Waals surface area contributed by atoms with Crippen molar-refractivity contribution in [1.82, 2.24) is 24.7 Å². The molecule has 2 rings (SSSR count). The summed E-state index contributed by atoms with van der Waals surface area (Å²) in [5.41, 5.74) is 0. The Labute approximate surface area is 119 Å². The van der Waals surface area contributed by atoms with Crippen molar-refractivity contribution in [2.24, 2.45) is 0 Å². The van der Waals surface area contributed by atoms with Crippen LogP contribution in [0.4, 0.5) is 20.7 Å². The van der Waals surface area contributed by atoms with Crippen molar-refractivity contribution in [3.8, 4) is 5.95 Å². The van der Waals surface area contributed by atoms with Gasteiger partial charge < -0.3 is 15.4 Å². The van der Waals surface area contributed by atoms with E-state index >= 15 is 0 Å². The lowest BCUT2D eigenvalue weighted by atomic mass is 10.6. The number of nitrogens with zero attached hydrogens (tertiary/aromatic N) is 5. The summed E-state index contributed by atoms with van der Waals surface area (Å²) in [5.74, 6) is 1.02. The number of anilines is 2. The second-order valence-electron chi connectivity index (χ2n) is 3.88. The Bertz CT molecular complexity index is 550. The third-order valence-corrected chi connectivity index (χ3v) is 2.33. The lowest BCUT2D eigenvalue weighted by molar-refractivity contribution is 0.0214. The highest BCUT2D eigenvalue weighted by molar-refractivity contribution is 5.37. The topological polar surface area (TPSA) is 89.8 Å².